The Kier molecular flexibility index (Phi) is 3.32. The summed E-state index contributed by atoms with van der Waals surface area (Å²) in [5, 5.41) is 9.67. The van der Waals surface area contributed by atoms with E-state index in [4.69, 9.17) is 0 Å². The van der Waals surface area contributed by atoms with Crippen molar-refractivity contribution in [3.8, 4) is 5.75 Å². The molecule has 1 rings (SSSR count). The molecule has 1 aromatic rings. The molecule has 0 amide bonds. The first-order valence-electron chi connectivity index (χ1n) is 4.82. The monoisotopic (exact) mass is 222 g/mol. The number of methoxy groups -OCH3 is 1. The SMILES string of the molecule is COC(=O)c1c(O)cc(C)c(C(C)=O)c1C. The quantitative estimate of drug-likeness (QED) is 0.614. The first-order chi connectivity index (χ1) is 7.40. The number of carbonyl (C=O) groups excluding carboxylic acids is 2. The lowest BCUT2D eigenvalue weighted by molar-refractivity contribution is 0.0596. The molecule has 4 nitrogen and oxygen atoms in total. The highest BCUT2D eigenvalue weighted by Gasteiger charge is 2.21. The Morgan fingerprint density at radius 3 is 2.25 bits per heavy atom. The molecule has 0 saturated carbocycles. The highest BCUT2D eigenvalue weighted by Crippen LogP contribution is 2.28. The maximum absolute atomic E-state index is 11.4. The number of rotatable bonds is 2. The van der Waals surface area contributed by atoms with Crippen LogP contribution in [0.1, 0.15) is 38.8 Å². The van der Waals surface area contributed by atoms with Gasteiger partial charge in [-0.25, -0.2) is 4.79 Å². The second-order valence-corrected chi connectivity index (χ2v) is 3.64. The number of carbonyl (C=O) groups is 2. The summed E-state index contributed by atoms with van der Waals surface area (Å²) in [6.07, 6.45) is 0. The molecule has 0 bridgehead atoms. The van der Waals surface area contributed by atoms with E-state index in [1.165, 1.54) is 20.1 Å². The van der Waals surface area contributed by atoms with Gasteiger partial charge >= 0.3 is 5.97 Å². The van der Waals surface area contributed by atoms with Gasteiger partial charge in [0.2, 0.25) is 0 Å². The summed E-state index contributed by atoms with van der Waals surface area (Å²) >= 11 is 0. The Morgan fingerprint density at radius 1 is 1.25 bits per heavy atom. The molecular weight excluding hydrogens is 208 g/mol. The van der Waals surface area contributed by atoms with Crippen molar-refractivity contribution < 1.29 is 19.4 Å². The van der Waals surface area contributed by atoms with Gasteiger partial charge in [-0.1, -0.05) is 0 Å². The number of esters is 1. The van der Waals surface area contributed by atoms with Crippen LogP contribution in [0, 0.1) is 13.8 Å². The average molecular weight is 222 g/mol. The molecule has 0 aliphatic rings. The van der Waals surface area contributed by atoms with Crippen molar-refractivity contribution in [1.29, 1.82) is 0 Å². The van der Waals surface area contributed by atoms with Gasteiger partial charge in [0.15, 0.2) is 5.78 Å². The van der Waals surface area contributed by atoms with Crippen molar-refractivity contribution in [1.82, 2.24) is 0 Å². The summed E-state index contributed by atoms with van der Waals surface area (Å²) in [6, 6.07) is 1.40. The van der Waals surface area contributed by atoms with Crippen LogP contribution in [-0.4, -0.2) is 24.0 Å². The number of phenolic OH excluding ortho intramolecular Hbond substituents is 1. The van der Waals surface area contributed by atoms with E-state index in [1.54, 1.807) is 13.8 Å². The van der Waals surface area contributed by atoms with Crippen LogP contribution in [0.15, 0.2) is 6.07 Å². The highest BCUT2D eigenvalue weighted by atomic mass is 16.5. The maximum atomic E-state index is 11.4. The molecule has 0 spiro atoms. The number of benzene rings is 1. The number of hydrogen-bond acceptors (Lipinski definition) is 4. The van der Waals surface area contributed by atoms with Crippen LogP contribution < -0.4 is 0 Å². The van der Waals surface area contributed by atoms with E-state index in [1.807, 2.05) is 0 Å². The van der Waals surface area contributed by atoms with Gasteiger partial charge in [-0.3, -0.25) is 4.79 Å². The zero-order chi connectivity index (χ0) is 12.5. The summed E-state index contributed by atoms with van der Waals surface area (Å²) in [5.41, 5.74) is 1.61. The van der Waals surface area contributed by atoms with E-state index in [2.05, 4.69) is 4.74 Å². The Morgan fingerprint density at radius 2 is 1.81 bits per heavy atom. The largest absolute Gasteiger partial charge is 0.507 e. The molecule has 0 heterocycles. The molecule has 0 radical (unpaired) electrons. The topological polar surface area (TPSA) is 63.6 Å². The van der Waals surface area contributed by atoms with Gasteiger partial charge in [0.05, 0.1) is 7.11 Å². The first-order valence-corrected chi connectivity index (χ1v) is 4.82. The number of ketones is 1. The molecule has 0 atom stereocenters. The molecule has 0 unspecified atom stereocenters. The van der Waals surface area contributed by atoms with Crippen LogP contribution in [0.4, 0.5) is 0 Å². The molecule has 86 valence electrons. The van der Waals surface area contributed by atoms with Crippen molar-refractivity contribution in [2.75, 3.05) is 7.11 Å². The van der Waals surface area contributed by atoms with Crippen LogP contribution in [-0.2, 0) is 4.74 Å². The predicted octanol–water partition coefficient (Wildman–Crippen LogP) is 2.00. The Bertz CT molecular complexity index is 461. The van der Waals surface area contributed by atoms with Crippen LogP contribution >= 0.6 is 0 Å². The van der Waals surface area contributed by atoms with E-state index >= 15 is 0 Å². The van der Waals surface area contributed by atoms with Gasteiger partial charge in [0, 0.05) is 5.56 Å². The van der Waals surface area contributed by atoms with E-state index in [-0.39, 0.29) is 17.1 Å². The Balaban J connectivity index is 3.57. The normalized spacial score (nSPS) is 10.0. The Labute approximate surface area is 93.9 Å². The molecule has 4 heteroatoms. The summed E-state index contributed by atoms with van der Waals surface area (Å²) in [7, 11) is 1.23. The molecule has 16 heavy (non-hydrogen) atoms. The van der Waals surface area contributed by atoms with E-state index < -0.39 is 5.97 Å². The van der Waals surface area contributed by atoms with E-state index in [0.29, 0.717) is 16.7 Å². The molecule has 0 aliphatic heterocycles. The average Bonchev–Trinajstić information content (AvgIpc) is 2.15. The van der Waals surface area contributed by atoms with Gasteiger partial charge in [-0.2, -0.15) is 0 Å². The third-order valence-corrected chi connectivity index (χ3v) is 2.50. The molecule has 1 N–H and O–H groups in total. The second kappa shape index (κ2) is 4.35. The predicted molar refractivity (Wildman–Crippen MR) is 58.9 cm³/mol. The van der Waals surface area contributed by atoms with Crippen LogP contribution in [0.3, 0.4) is 0 Å². The molecule has 0 saturated heterocycles. The van der Waals surface area contributed by atoms with Gasteiger partial charge in [-0.15, -0.1) is 0 Å². The number of Topliss-reactive ketones (excluding diaryl/α,β-unsaturated/α-hetero) is 1. The molecule has 0 fully saturated rings. The molecular formula is C12H14O4. The minimum atomic E-state index is -0.641. The summed E-state index contributed by atoms with van der Waals surface area (Å²) in [6.45, 7) is 4.76. The van der Waals surface area contributed by atoms with Gasteiger partial charge in [0.1, 0.15) is 11.3 Å². The number of ether oxygens (including phenoxy) is 1. The molecule has 1 aromatic carbocycles. The van der Waals surface area contributed by atoms with Crippen LogP contribution in [0.2, 0.25) is 0 Å². The minimum Gasteiger partial charge on any atom is -0.507 e. The summed E-state index contributed by atoms with van der Waals surface area (Å²) in [4.78, 5) is 22.9. The van der Waals surface area contributed by atoms with Crippen molar-refractivity contribution in [3.05, 3.63) is 28.3 Å². The number of phenols is 1. The summed E-state index contributed by atoms with van der Waals surface area (Å²) < 4.78 is 4.56. The third-order valence-electron chi connectivity index (χ3n) is 2.50. The fraction of sp³-hybridized carbons (Fsp3) is 0.333. The lowest BCUT2D eigenvalue weighted by atomic mass is 9.94. The van der Waals surface area contributed by atoms with Crippen molar-refractivity contribution >= 4 is 11.8 Å². The van der Waals surface area contributed by atoms with E-state index in [0.717, 1.165) is 0 Å². The fourth-order valence-electron chi connectivity index (χ4n) is 1.86. The second-order valence-electron chi connectivity index (χ2n) is 3.64. The first kappa shape index (κ1) is 12.2. The van der Waals surface area contributed by atoms with Gasteiger partial charge < -0.3 is 9.84 Å². The lowest BCUT2D eigenvalue weighted by Gasteiger charge is -2.12. The van der Waals surface area contributed by atoms with Crippen LogP contribution in [0.25, 0.3) is 0 Å². The number of aryl methyl sites for hydroxylation is 1. The fourth-order valence-corrected chi connectivity index (χ4v) is 1.86. The van der Waals surface area contributed by atoms with Gasteiger partial charge in [-0.05, 0) is 38.0 Å². The molecule has 0 aliphatic carbocycles. The third kappa shape index (κ3) is 1.91. The maximum Gasteiger partial charge on any atom is 0.341 e. The van der Waals surface area contributed by atoms with Crippen molar-refractivity contribution in [3.63, 3.8) is 0 Å². The van der Waals surface area contributed by atoms with Crippen molar-refractivity contribution in [2.24, 2.45) is 0 Å². The zero-order valence-electron chi connectivity index (χ0n) is 9.75. The van der Waals surface area contributed by atoms with Crippen LogP contribution in [0.5, 0.6) is 5.75 Å². The van der Waals surface area contributed by atoms with Crippen molar-refractivity contribution in [2.45, 2.75) is 20.8 Å². The van der Waals surface area contributed by atoms with E-state index in [9.17, 15) is 14.7 Å². The van der Waals surface area contributed by atoms with Gasteiger partial charge in [0.25, 0.3) is 0 Å². The highest BCUT2D eigenvalue weighted by molar-refractivity contribution is 6.02. The smallest absolute Gasteiger partial charge is 0.341 e. The zero-order valence-corrected chi connectivity index (χ0v) is 9.75. The standard InChI is InChI=1S/C12H14O4/c1-6-5-9(14)11(12(15)16-4)7(2)10(6)8(3)13/h5,14H,1-4H3. The number of hydrogen-bond donors (Lipinski definition) is 1. The Hall–Kier alpha value is -1.84. The lowest BCUT2D eigenvalue weighted by Crippen LogP contribution is -2.10. The summed E-state index contributed by atoms with van der Waals surface area (Å²) in [5.74, 6) is -0.940. The molecule has 0 aromatic heterocycles. The number of aromatic hydroxyl groups is 1. The minimum absolute atomic E-state index is 0.0540.